The Labute approximate surface area is 750 Å². The lowest BCUT2D eigenvalue weighted by Gasteiger charge is -2.37. The lowest BCUT2D eigenvalue weighted by Crippen LogP contribution is -2.64. The Morgan fingerprint density at radius 3 is 1.30 bits per heavy atom. The van der Waals surface area contributed by atoms with Gasteiger partial charge in [0.05, 0.1) is 67.2 Å². The number of hydrogen-bond acceptors (Lipinski definition) is 22. The highest BCUT2D eigenvalue weighted by Gasteiger charge is 2.44. The van der Waals surface area contributed by atoms with E-state index in [1.165, 1.54) is 41.5 Å². The second kappa shape index (κ2) is 46.3. The number of carboxylic acid groups (broad SMARTS) is 1. The lowest BCUT2D eigenvalue weighted by atomic mass is 9.77. The Hall–Kier alpha value is -11.7. The predicted octanol–water partition coefficient (Wildman–Crippen LogP) is 6.10. The number of ether oxygens (including phenoxy) is 6. The predicted molar refractivity (Wildman–Crippen MR) is 476 cm³/mol. The van der Waals surface area contributed by atoms with Gasteiger partial charge in [0.2, 0.25) is 59.1 Å². The van der Waals surface area contributed by atoms with Crippen LogP contribution in [0.5, 0.6) is 0 Å². The van der Waals surface area contributed by atoms with Crippen molar-refractivity contribution in [1.82, 2.24) is 68.0 Å². The van der Waals surface area contributed by atoms with Crippen LogP contribution in [-0.4, -0.2) is 228 Å². The molecule has 5 rings (SSSR count). The molecule has 11 amide bonds. The van der Waals surface area contributed by atoms with E-state index in [2.05, 4.69) is 58.5 Å². The number of hydrogen-bond donors (Lipinski definition) is 13. The van der Waals surface area contributed by atoms with Crippen LogP contribution in [0.4, 0.5) is 4.79 Å². The third-order valence-electron chi connectivity index (χ3n) is 19.0. The third kappa shape index (κ3) is 35.5. The molecule has 35 nitrogen and oxygen atoms in total. The van der Waals surface area contributed by atoms with Crippen molar-refractivity contribution in [3.05, 3.63) is 162 Å². The van der Waals surface area contributed by atoms with Gasteiger partial charge >= 0.3 is 24.0 Å². The fourth-order valence-electron chi connectivity index (χ4n) is 13.4. The summed E-state index contributed by atoms with van der Waals surface area (Å²) in [6, 6.07) is 22.6. The molecule has 0 spiro atoms. The second-order valence-electron chi connectivity index (χ2n) is 38.3. The van der Waals surface area contributed by atoms with E-state index in [1.807, 2.05) is 95.6 Å². The first-order chi connectivity index (χ1) is 59.2. The monoisotopic (exact) mass is 1790 g/mol. The fourth-order valence-corrected chi connectivity index (χ4v) is 13.4. The molecule has 1 aromatic heterocycles. The van der Waals surface area contributed by atoms with Crippen molar-refractivity contribution in [2.75, 3.05) is 19.8 Å². The maximum atomic E-state index is 15.3. The molecular weight excluding hydrogens is 1650 g/mol. The molecule has 35 heteroatoms. The number of nitrogens with one attached hydrogen (secondary N) is 11. The summed E-state index contributed by atoms with van der Waals surface area (Å²) in [6.07, 6.45) is -2.30. The summed E-state index contributed by atoms with van der Waals surface area (Å²) in [6.45, 7) is 35.6. The summed E-state index contributed by atoms with van der Waals surface area (Å²) in [5.41, 5.74) is -5.60. The summed E-state index contributed by atoms with van der Waals surface area (Å²) in [5, 5.41) is 47.5. The van der Waals surface area contributed by atoms with Gasteiger partial charge in [-0.1, -0.05) is 135 Å². The topological polar surface area (TPSA) is 485 Å². The number of carbonyl (C=O) groups is 14. The number of benzene rings is 4. The van der Waals surface area contributed by atoms with Gasteiger partial charge in [0, 0.05) is 25.5 Å². The molecular formula is C93H135N13O22. The van der Waals surface area contributed by atoms with Crippen molar-refractivity contribution in [3.8, 4) is 0 Å². The summed E-state index contributed by atoms with van der Waals surface area (Å²) < 4.78 is 37.2. The summed E-state index contributed by atoms with van der Waals surface area (Å²) >= 11 is 0. The summed E-state index contributed by atoms with van der Waals surface area (Å²) in [4.78, 5) is 205. The van der Waals surface area contributed by atoms with Gasteiger partial charge in [0.15, 0.2) is 0 Å². The average molecular weight is 1790 g/mol. The highest BCUT2D eigenvalue weighted by molar-refractivity contribution is 6.00. The minimum absolute atomic E-state index is 0.241. The third-order valence-corrected chi connectivity index (χ3v) is 19.0. The van der Waals surface area contributed by atoms with Crippen LogP contribution in [0, 0.1) is 5.92 Å². The van der Waals surface area contributed by atoms with Gasteiger partial charge in [-0.2, -0.15) is 0 Å². The van der Waals surface area contributed by atoms with Crippen LogP contribution in [-0.2, 0) is 109 Å². The average Bonchev–Trinajstić information content (AvgIpc) is 1.46. The molecule has 0 saturated carbocycles. The van der Waals surface area contributed by atoms with Gasteiger partial charge in [-0.05, 0) is 187 Å². The van der Waals surface area contributed by atoms with Crippen LogP contribution >= 0.6 is 0 Å². The van der Waals surface area contributed by atoms with Crippen molar-refractivity contribution in [2.24, 2.45) is 5.92 Å². The van der Waals surface area contributed by atoms with E-state index in [4.69, 9.17) is 33.4 Å². The maximum absolute atomic E-state index is 15.3. The van der Waals surface area contributed by atoms with Gasteiger partial charge in [0.1, 0.15) is 82.3 Å². The van der Waals surface area contributed by atoms with Gasteiger partial charge in [-0.3, -0.25) is 57.5 Å². The Bertz CT molecular complexity index is 4480. The van der Waals surface area contributed by atoms with Crippen LogP contribution in [0.15, 0.2) is 134 Å². The van der Waals surface area contributed by atoms with E-state index in [-0.39, 0.29) is 12.8 Å². The van der Waals surface area contributed by atoms with E-state index in [0.29, 0.717) is 11.3 Å². The first-order valence-electron chi connectivity index (χ1n) is 42.7. The molecule has 0 aliphatic carbocycles. The number of amides is 11. The number of aromatic nitrogens is 2. The number of aliphatic hydroxyl groups is 1. The first-order valence-corrected chi connectivity index (χ1v) is 42.7. The fraction of sp³-hybridized carbons (Fsp3) is 0.559. The van der Waals surface area contributed by atoms with E-state index in [0.717, 1.165) is 16.7 Å². The minimum Gasteiger partial charge on any atom is -0.480 e. The molecule has 0 fully saturated rings. The molecule has 704 valence electrons. The zero-order valence-electron chi connectivity index (χ0n) is 78.2. The zero-order chi connectivity index (χ0) is 96.4. The van der Waals surface area contributed by atoms with Crippen molar-refractivity contribution < 1.29 is 106 Å². The van der Waals surface area contributed by atoms with Crippen LogP contribution < -0.4 is 58.5 Å². The molecule has 0 radical (unpaired) electrons. The number of carbonyl (C=O) groups excluding carboxylic acids is 13. The van der Waals surface area contributed by atoms with E-state index in [1.54, 1.807) is 167 Å². The van der Waals surface area contributed by atoms with Crippen molar-refractivity contribution in [1.29, 1.82) is 0 Å². The molecule has 0 saturated heterocycles. The molecule has 1 heterocycles. The standard InChI is InChI=1S/C93H135N13O22/c1-55(2)72(80(116)98-67(52-107)83(119)120)103-77(113)66(49-71(110)127-90(17,18)19)96-78(114)68(53-123-86(5,6)7)99-82(118)74(57(4)125-88(11,12)13)104-76(112)64(47-58-37-29-25-30-38-58)97-81(117)73(56(3)124-87(8,9)10)102-69(108)50-94-75(111)63(45-46-70(109)126-89(14,15)16)100-84(121)92(23,24)105-79(115)65(101-85(122)128-91(20,21)22)48-62-51-106(54-95-62)93(59-39-31-26-32-40-59,60-41-33-27-34-42-60)61-43-35-28-36-44-61/h25-44,51,54-57,63-68,72-74,107H,45-50,52-53H2,1-24H3,(H,94,111)(H,96,114)(H,97,117)(H,98,116)(H,99,118)(H,100,121)(H,101,122)(H,102,108)(H,103,113)(H,104,112)(H,105,115)(H,119,120)/t56-,57-,63+,64+,65+,66+,67+,68+,72+,73+,74+/m1/s1. The first kappa shape index (κ1) is 107. The van der Waals surface area contributed by atoms with Gasteiger partial charge in [-0.15, -0.1) is 0 Å². The Morgan fingerprint density at radius 2 is 0.836 bits per heavy atom. The summed E-state index contributed by atoms with van der Waals surface area (Å²) in [7, 11) is 0. The number of esters is 2. The Kier molecular flexibility index (Phi) is 38.7. The largest absolute Gasteiger partial charge is 0.480 e. The highest BCUT2D eigenvalue weighted by atomic mass is 16.6. The normalized spacial score (nSPS) is 14.8. The number of aliphatic hydroxyl groups excluding tert-OH is 1. The highest BCUT2D eigenvalue weighted by Crippen LogP contribution is 2.41. The van der Waals surface area contributed by atoms with E-state index in [9.17, 15) is 63.0 Å². The molecule has 11 atom stereocenters. The number of rotatable bonds is 43. The molecule has 13 N–H and O–H groups in total. The maximum Gasteiger partial charge on any atom is 0.408 e. The molecule has 0 unspecified atom stereocenters. The van der Waals surface area contributed by atoms with Gasteiger partial charge < -0.3 is 102 Å². The van der Waals surface area contributed by atoms with E-state index >= 15 is 14.4 Å². The molecule has 4 aromatic carbocycles. The number of carboxylic acids is 1. The molecule has 0 aliphatic rings. The Balaban J connectivity index is 1.47. The summed E-state index contributed by atoms with van der Waals surface area (Å²) in [5.74, 6) is -14.3. The molecule has 0 aliphatic heterocycles. The number of alkyl carbamates (subject to hydrolysis) is 1. The molecule has 5 aromatic rings. The van der Waals surface area contributed by atoms with E-state index < -0.39 is 239 Å². The second-order valence-corrected chi connectivity index (χ2v) is 38.3. The van der Waals surface area contributed by atoms with Gasteiger partial charge in [0.25, 0.3) is 0 Å². The quantitative estimate of drug-likeness (QED) is 0.0119. The van der Waals surface area contributed by atoms with Gasteiger partial charge in [-0.25, -0.2) is 14.6 Å². The van der Waals surface area contributed by atoms with Crippen molar-refractivity contribution in [3.63, 3.8) is 0 Å². The Morgan fingerprint density at radius 1 is 0.414 bits per heavy atom. The zero-order valence-corrected chi connectivity index (χ0v) is 78.2. The molecule has 0 bridgehead atoms. The van der Waals surface area contributed by atoms with Crippen LogP contribution in [0.2, 0.25) is 0 Å². The lowest BCUT2D eigenvalue weighted by molar-refractivity contribution is -0.157. The molecule has 128 heavy (non-hydrogen) atoms. The SMILES string of the molecule is CC(C)[C@H](NC(=O)[C@H](CC(=O)OC(C)(C)C)NC(=O)[C@H](COC(C)(C)C)NC(=O)[C@@H](NC(=O)[C@H](Cc1ccccc1)NC(=O)[C@@H](NC(=O)CNC(=O)[C@H](CCC(=O)OC(C)(C)C)NC(=O)C(C)(C)NC(=O)[C@H](Cc1cn(C(c2ccccc2)(c2ccccc2)c2ccccc2)cn1)NC(=O)OC(C)(C)C)[C@@H](C)OC(C)(C)C)[C@@H](C)OC(C)(C)C)C(=O)N[C@@H](CO)C(=O)O. The number of nitrogens with zero attached hydrogens (tertiary/aromatic N) is 2. The van der Waals surface area contributed by atoms with Crippen LogP contribution in [0.1, 0.15) is 213 Å². The van der Waals surface area contributed by atoms with Crippen LogP contribution in [0.3, 0.4) is 0 Å². The smallest absolute Gasteiger partial charge is 0.408 e. The number of imidazole rings is 1. The van der Waals surface area contributed by atoms with Crippen molar-refractivity contribution in [2.45, 2.75) is 310 Å². The number of aliphatic carboxylic acids is 1. The minimum atomic E-state index is -1.92. The van der Waals surface area contributed by atoms with Crippen LogP contribution in [0.25, 0.3) is 0 Å². The van der Waals surface area contributed by atoms with Crippen molar-refractivity contribution >= 4 is 83.1 Å².